The lowest BCUT2D eigenvalue weighted by molar-refractivity contribution is 0.103. The quantitative estimate of drug-likeness (QED) is 0.922. The lowest BCUT2D eigenvalue weighted by Crippen LogP contribution is -2.09. The zero-order valence-corrected chi connectivity index (χ0v) is 10.9. The Balaban J connectivity index is 2.15. The summed E-state index contributed by atoms with van der Waals surface area (Å²) in [5.74, 6) is -0.127. The van der Waals surface area contributed by atoms with Crippen LogP contribution in [0.3, 0.4) is 0 Å². The number of amides is 1. The summed E-state index contributed by atoms with van der Waals surface area (Å²) in [5, 5.41) is 2.81. The fraction of sp³-hybridized carbons (Fsp3) is 0.0909. The van der Waals surface area contributed by atoms with Crippen LogP contribution >= 0.6 is 27.5 Å². The second kappa shape index (κ2) is 4.76. The van der Waals surface area contributed by atoms with Gasteiger partial charge >= 0.3 is 0 Å². The van der Waals surface area contributed by atoms with Gasteiger partial charge in [0.1, 0.15) is 4.88 Å². The van der Waals surface area contributed by atoms with Crippen LogP contribution in [0.1, 0.15) is 15.2 Å². The van der Waals surface area contributed by atoms with Crippen molar-refractivity contribution in [3.8, 4) is 0 Å². The summed E-state index contributed by atoms with van der Waals surface area (Å²) in [4.78, 5) is 12.3. The van der Waals surface area contributed by atoms with Crippen molar-refractivity contribution in [3.05, 3.63) is 45.4 Å². The van der Waals surface area contributed by atoms with Gasteiger partial charge in [-0.1, -0.05) is 22.0 Å². The molecule has 5 heteroatoms. The van der Waals surface area contributed by atoms with Crippen molar-refractivity contribution in [1.82, 2.24) is 4.37 Å². The predicted molar refractivity (Wildman–Crippen MR) is 68.9 cm³/mol. The van der Waals surface area contributed by atoms with Crippen LogP contribution < -0.4 is 5.32 Å². The molecule has 0 aliphatic heterocycles. The molecule has 2 rings (SSSR count). The van der Waals surface area contributed by atoms with E-state index in [9.17, 15) is 4.79 Å². The van der Waals surface area contributed by atoms with Crippen LogP contribution in [0.2, 0.25) is 0 Å². The Labute approximate surface area is 106 Å². The van der Waals surface area contributed by atoms with Crippen LogP contribution in [0.25, 0.3) is 0 Å². The number of aromatic nitrogens is 1. The van der Waals surface area contributed by atoms with E-state index in [0.717, 1.165) is 15.7 Å². The average molecular weight is 297 g/mol. The highest BCUT2D eigenvalue weighted by Crippen LogP contribution is 2.21. The van der Waals surface area contributed by atoms with Crippen molar-refractivity contribution in [1.29, 1.82) is 0 Å². The summed E-state index contributed by atoms with van der Waals surface area (Å²) in [6, 6.07) is 7.41. The van der Waals surface area contributed by atoms with Gasteiger partial charge in [0.2, 0.25) is 0 Å². The molecule has 0 saturated heterocycles. The molecule has 16 heavy (non-hydrogen) atoms. The Hall–Kier alpha value is -1.20. The van der Waals surface area contributed by atoms with Crippen molar-refractivity contribution in [2.45, 2.75) is 6.92 Å². The molecule has 1 heterocycles. The summed E-state index contributed by atoms with van der Waals surface area (Å²) in [6.07, 6.45) is 1.62. The van der Waals surface area contributed by atoms with Crippen molar-refractivity contribution in [2.24, 2.45) is 0 Å². The summed E-state index contributed by atoms with van der Waals surface area (Å²) in [6.45, 7) is 2.00. The molecule has 1 aromatic heterocycles. The fourth-order valence-corrected chi connectivity index (χ4v) is 2.07. The zero-order valence-electron chi connectivity index (χ0n) is 8.53. The number of carbonyl (C=O) groups excluding carboxylic acids is 1. The Morgan fingerprint density at radius 2 is 2.25 bits per heavy atom. The highest BCUT2D eigenvalue weighted by atomic mass is 79.9. The van der Waals surface area contributed by atoms with Crippen LogP contribution in [-0.2, 0) is 0 Å². The summed E-state index contributed by atoms with van der Waals surface area (Å²) >= 11 is 4.61. The van der Waals surface area contributed by atoms with Crippen molar-refractivity contribution in [2.75, 3.05) is 5.32 Å². The molecule has 0 saturated carbocycles. The second-order valence-electron chi connectivity index (χ2n) is 3.29. The zero-order chi connectivity index (χ0) is 11.5. The number of benzene rings is 1. The van der Waals surface area contributed by atoms with E-state index >= 15 is 0 Å². The maximum atomic E-state index is 11.7. The summed E-state index contributed by atoms with van der Waals surface area (Å²) < 4.78 is 4.87. The Bertz CT molecular complexity index is 511. The molecule has 0 spiro atoms. The van der Waals surface area contributed by atoms with Gasteiger partial charge in [-0.2, -0.15) is 0 Å². The number of nitrogens with one attached hydrogen (secondary N) is 1. The van der Waals surface area contributed by atoms with Crippen molar-refractivity contribution < 1.29 is 4.79 Å². The second-order valence-corrected chi connectivity index (χ2v) is 4.98. The number of rotatable bonds is 2. The van der Waals surface area contributed by atoms with Gasteiger partial charge in [-0.25, -0.2) is 4.37 Å². The lowest BCUT2D eigenvalue weighted by atomic mass is 10.2. The van der Waals surface area contributed by atoms with Gasteiger partial charge in [0.15, 0.2) is 0 Å². The van der Waals surface area contributed by atoms with Gasteiger partial charge in [-0.05, 0) is 42.2 Å². The number of aryl methyl sites for hydroxylation is 1. The van der Waals surface area contributed by atoms with E-state index in [1.807, 2.05) is 25.1 Å². The average Bonchev–Trinajstić information content (AvgIpc) is 2.77. The minimum Gasteiger partial charge on any atom is -0.321 e. The largest absolute Gasteiger partial charge is 0.321 e. The van der Waals surface area contributed by atoms with Gasteiger partial charge in [0.25, 0.3) is 5.91 Å². The molecule has 0 unspecified atom stereocenters. The first kappa shape index (κ1) is 11.3. The van der Waals surface area contributed by atoms with Crippen LogP contribution in [0.15, 0.2) is 34.9 Å². The van der Waals surface area contributed by atoms with E-state index in [1.54, 1.807) is 12.3 Å². The Morgan fingerprint density at radius 1 is 1.44 bits per heavy atom. The number of halogens is 1. The minimum atomic E-state index is -0.127. The van der Waals surface area contributed by atoms with E-state index in [1.165, 1.54) is 11.5 Å². The molecule has 1 aromatic carbocycles. The normalized spacial score (nSPS) is 10.1. The predicted octanol–water partition coefficient (Wildman–Crippen LogP) is 3.47. The van der Waals surface area contributed by atoms with Crippen molar-refractivity contribution in [3.63, 3.8) is 0 Å². The molecule has 0 aliphatic rings. The summed E-state index contributed by atoms with van der Waals surface area (Å²) in [7, 11) is 0. The van der Waals surface area contributed by atoms with E-state index < -0.39 is 0 Å². The third-order valence-electron chi connectivity index (χ3n) is 2.09. The number of nitrogens with zero attached hydrogens (tertiary/aromatic N) is 1. The Kier molecular flexibility index (Phi) is 3.36. The maximum absolute atomic E-state index is 11.7. The van der Waals surface area contributed by atoms with Gasteiger partial charge < -0.3 is 5.32 Å². The molecule has 0 atom stereocenters. The molecule has 0 radical (unpaired) electrons. The topological polar surface area (TPSA) is 42.0 Å². The molecule has 2 aromatic rings. The minimum absolute atomic E-state index is 0.127. The molecule has 0 fully saturated rings. The maximum Gasteiger partial charge on any atom is 0.267 e. The highest BCUT2D eigenvalue weighted by Gasteiger charge is 2.07. The first-order valence-corrected chi connectivity index (χ1v) is 6.21. The van der Waals surface area contributed by atoms with E-state index in [4.69, 9.17) is 0 Å². The molecule has 82 valence electrons. The van der Waals surface area contributed by atoms with E-state index in [0.29, 0.717) is 4.88 Å². The molecule has 1 amide bonds. The van der Waals surface area contributed by atoms with Gasteiger partial charge in [0, 0.05) is 16.4 Å². The van der Waals surface area contributed by atoms with Gasteiger partial charge in [0.05, 0.1) is 0 Å². The number of anilines is 1. The van der Waals surface area contributed by atoms with Crippen LogP contribution in [0.4, 0.5) is 5.69 Å². The number of hydrogen-bond acceptors (Lipinski definition) is 3. The van der Waals surface area contributed by atoms with Gasteiger partial charge in [-0.15, -0.1) is 0 Å². The number of hydrogen-bond donors (Lipinski definition) is 1. The van der Waals surface area contributed by atoms with Crippen LogP contribution in [0, 0.1) is 6.92 Å². The third kappa shape index (κ3) is 2.48. The SMILES string of the molecule is Cc1ccc(NC(=O)c2ccns2)cc1Br. The van der Waals surface area contributed by atoms with Crippen LogP contribution in [-0.4, -0.2) is 10.3 Å². The smallest absolute Gasteiger partial charge is 0.267 e. The van der Waals surface area contributed by atoms with Crippen molar-refractivity contribution >= 4 is 39.1 Å². The first-order chi connectivity index (χ1) is 7.66. The van der Waals surface area contributed by atoms with Gasteiger partial charge in [-0.3, -0.25) is 4.79 Å². The molecule has 0 aliphatic carbocycles. The van der Waals surface area contributed by atoms with E-state index in [-0.39, 0.29) is 5.91 Å². The molecule has 0 bridgehead atoms. The molecule has 1 N–H and O–H groups in total. The molecular formula is C11H9BrN2OS. The summed E-state index contributed by atoms with van der Waals surface area (Å²) in [5.41, 5.74) is 1.91. The standard InChI is InChI=1S/C11H9BrN2OS/c1-7-2-3-8(6-9(7)12)14-11(15)10-4-5-13-16-10/h2-6H,1H3,(H,14,15). The highest BCUT2D eigenvalue weighted by molar-refractivity contribution is 9.10. The molecule has 3 nitrogen and oxygen atoms in total. The lowest BCUT2D eigenvalue weighted by Gasteiger charge is -2.05. The first-order valence-electron chi connectivity index (χ1n) is 4.65. The molecular weight excluding hydrogens is 288 g/mol. The fourth-order valence-electron chi connectivity index (χ4n) is 1.20. The van der Waals surface area contributed by atoms with E-state index in [2.05, 4.69) is 25.6 Å². The Morgan fingerprint density at radius 3 is 2.88 bits per heavy atom. The number of carbonyl (C=O) groups is 1. The monoisotopic (exact) mass is 296 g/mol. The third-order valence-corrected chi connectivity index (χ3v) is 3.69. The van der Waals surface area contributed by atoms with Crippen LogP contribution in [0.5, 0.6) is 0 Å².